The first-order chi connectivity index (χ1) is 11.8. The standard InChI is InChI=1S/C17H20N6O/c1-14-12-15(20-24-14)13-21-8-10-22(11-9-21)16-4-2-5-17(19-16)23-7-3-6-18-23/h2-7,12H,8-11,13H2,1H3. The molecule has 124 valence electrons. The van der Waals surface area contributed by atoms with Crippen molar-refractivity contribution in [2.75, 3.05) is 31.1 Å². The Labute approximate surface area is 140 Å². The molecule has 4 rings (SSSR count). The van der Waals surface area contributed by atoms with E-state index >= 15 is 0 Å². The molecule has 3 aromatic heterocycles. The highest BCUT2D eigenvalue weighted by atomic mass is 16.5. The molecule has 1 aliphatic heterocycles. The van der Waals surface area contributed by atoms with Crippen molar-refractivity contribution in [3.63, 3.8) is 0 Å². The summed E-state index contributed by atoms with van der Waals surface area (Å²) in [4.78, 5) is 9.44. The van der Waals surface area contributed by atoms with Crippen LogP contribution < -0.4 is 4.90 Å². The van der Waals surface area contributed by atoms with E-state index in [1.807, 2.05) is 37.4 Å². The summed E-state index contributed by atoms with van der Waals surface area (Å²) in [5.74, 6) is 2.71. The number of aromatic nitrogens is 4. The second kappa shape index (κ2) is 6.45. The van der Waals surface area contributed by atoms with Crippen LogP contribution in [-0.2, 0) is 6.54 Å². The van der Waals surface area contributed by atoms with Gasteiger partial charge in [0.15, 0.2) is 5.82 Å². The number of rotatable bonds is 4. The van der Waals surface area contributed by atoms with Crippen LogP contribution in [0.3, 0.4) is 0 Å². The van der Waals surface area contributed by atoms with Crippen LogP contribution in [0.15, 0.2) is 47.2 Å². The molecule has 0 unspecified atom stereocenters. The molecule has 0 radical (unpaired) electrons. The molecule has 0 atom stereocenters. The van der Waals surface area contributed by atoms with E-state index in [1.165, 1.54) is 0 Å². The van der Waals surface area contributed by atoms with Gasteiger partial charge in [0, 0.05) is 51.2 Å². The van der Waals surface area contributed by atoms with E-state index in [2.05, 4.69) is 26.1 Å². The van der Waals surface area contributed by atoms with E-state index in [4.69, 9.17) is 9.51 Å². The Hall–Kier alpha value is -2.67. The lowest BCUT2D eigenvalue weighted by molar-refractivity contribution is 0.241. The minimum atomic E-state index is 0.839. The average Bonchev–Trinajstić information content (AvgIpc) is 3.28. The van der Waals surface area contributed by atoms with Crippen LogP contribution in [-0.4, -0.2) is 51.0 Å². The zero-order valence-electron chi connectivity index (χ0n) is 13.7. The first-order valence-electron chi connectivity index (χ1n) is 8.14. The molecule has 7 nitrogen and oxygen atoms in total. The van der Waals surface area contributed by atoms with E-state index in [0.717, 1.165) is 55.8 Å². The maximum atomic E-state index is 5.14. The normalized spacial score (nSPS) is 15.8. The van der Waals surface area contributed by atoms with Crippen molar-refractivity contribution in [2.45, 2.75) is 13.5 Å². The second-order valence-corrected chi connectivity index (χ2v) is 6.00. The van der Waals surface area contributed by atoms with Crippen molar-refractivity contribution in [3.05, 3.63) is 54.2 Å². The molecule has 0 bridgehead atoms. The van der Waals surface area contributed by atoms with Gasteiger partial charge in [0.2, 0.25) is 0 Å². The third-order valence-electron chi connectivity index (χ3n) is 4.22. The van der Waals surface area contributed by atoms with Crippen LogP contribution in [0.1, 0.15) is 11.5 Å². The summed E-state index contributed by atoms with van der Waals surface area (Å²) in [5, 5.41) is 8.32. The van der Waals surface area contributed by atoms with Crippen molar-refractivity contribution < 1.29 is 4.52 Å². The Morgan fingerprint density at radius 3 is 2.62 bits per heavy atom. The Bertz CT molecular complexity index is 789. The second-order valence-electron chi connectivity index (χ2n) is 6.00. The van der Waals surface area contributed by atoms with E-state index in [9.17, 15) is 0 Å². The molecule has 24 heavy (non-hydrogen) atoms. The monoisotopic (exact) mass is 324 g/mol. The summed E-state index contributed by atoms with van der Waals surface area (Å²) in [5.41, 5.74) is 1.000. The molecule has 0 aromatic carbocycles. The Morgan fingerprint density at radius 2 is 1.92 bits per heavy atom. The van der Waals surface area contributed by atoms with Gasteiger partial charge in [0.25, 0.3) is 0 Å². The molecule has 7 heteroatoms. The Morgan fingerprint density at radius 1 is 1.08 bits per heavy atom. The molecule has 0 saturated carbocycles. The number of hydrogen-bond acceptors (Lipinski definition) is 6. The Kier molecular flexibility index (Phi) is 4.00. The Balaban J connectivity index is 1.40. The fourth-order valence-corrected chi connectivity index (χ4v) is 2.98. The van der Waals surface area contributed by atoms with Crippen molar-refractivity contribution in [1.82, 2.24) is 24.8 Å². The van der Waals surface area contributed by atoms with Crippen molar-refractivity contribution in [1.29, 1.82) is 0 Å². The third-order valence-corrected chi connectivity index (χ3v) is 4.22. The minimum absolute atomic E-state index is 0.839. The van der Waals surface area contributed by atoms with Gasteiger partial charge in [-0.2, -0.15) is 5.10 Å². The summed E-state index contributed by atoms with van der Waals surface area (Å²) in [6, 6.07) is 9.97. The molecule has 0 aliphatic carbocycles. The first-order valence-corrected chi connectivity index (χ1v) is 8.14. The fraction of sp³-hybridized carbons (Fsp3) is 0.353. The van der Waals surface area contributed by atoms with Gasteiger partial charge in [-0.15, -0.1) is 0 Å². The largest absolute Gasteiger partial charge is 0.361 e. The molecule has 1 aliphatic rings. The molecule has 0 spiro atoms. The SMILES string of the molecule is Cc1cc(CN2CCN(c3cccc(-n4cccn4)n3)CC2)no1. The fourth-order valence-electron chi connectivity index (χ4n) is 2.98. The van der Waals surface area contributed by atoms with E-state index < -0.39 is 0 Å². The van der Waals surface area contributed by atoms with Gasteiger partial charge < -0.3 is 9.42 Å². The molecule has 1 fully saturated rings. The maximum absolute atomic E-state index is 5.14. The van der Waals surface area contributed by atoms with Crippen LogP contribution in [0.4, 0.5) is 5.82 Å². The highest BCUT2D eigenvalue weighted by Gasteiger charge is 2.19. The van der Waals surface area contributed by atoms with Crippen molar-refractivity contribution in [2.24, 2.45) is 0 Å². The molecular formula is C17H20N6O. The van der Waals surface area contributed by atoms with Crippen LogP contribution >= 0.6 is 0 Å². The topological polar surface area (TPSA) is 63.2 Å². The molecule has 0 amide bonds. The van der Waals surface area contributed by atoms with Crippen LogP contribution in [0, 0.1) is 6.92 Å². The summed E-state index contributed by atoms with van der Waals surface area (Å²) in [6.07, 6.45) is 3.67. The summed E-state index contributed by atoms with van der Waals surface area (Å²) in [7, 11) is 0. The molecular weight excluding hydrogens is 304 g/mol. The predicted molar refractivity (Wildman–Crippen MR) is 90.1 cm³/mol. The van der Waals surface area contributed by atoms with Gasteiger partial charge in [-0.05, 0) is 25.1 Å². The van der Waals surface area contributed by atoms with Crippen LogP contribution in [0.5, 0.6) is 0 Å². The van der Waals surface area contributed by atoms with Gasteiger partial charge in [0.1, 0.15) is 11.6 Å². The van der Waals surface area contributed by atoms with Crippen LogP contribution in [0.25, 0.3) is 5.82 Å². The number of nitrogens with zero attached hydrogens (tertiary/aromatic N) is 6. The quantitative estimate of drug-likeness (QED) is 0.730. The molecule has 1 saturated heterocycles. The van der Waals surface area contributed by atoms with E-state index in [-0.39, 0.29) is 0 Å². The maximum Gasteiger partial charge on any atom is 0.155 e. The lowest BCUT2D eigenvalue weighted by atomic mass is 10.2. The summed E-state index contributed by atoms with van der Waals surface area (Å²) >= 11 is 0. The number of piperazine rings is 1. The molecule has 3 aromatic rings. The third kappa shape index (κ3) is 3.16. The van der Waals surface area contributed by atoms with Gasteiger partial charge in [-0.1, -0.05) is 11.2 Å². The smallest absolute Gasteiger partial charge is 0.155 e. The highest BCUT2D eigenvalue weighted by molar-refractivity contribution is 5.43. The molecule has 4 heterocycles. The van der Waals surface area contributed by atoms with Crippen molar-refractivity contribution in [3.8, 4) is 5.82 Å². The van der Waals surface area contributed by atoms with Gasteiger partial charge in [0.05, 0.1) is 5.69 Å². The zero-order valence-corrected chi connectivity index (χ0v) is 13.7. The van der Waals surface area contributed by atoms with Gasteiger partial charge in [-0.3, -0.25) is 4.90 Å². The number of anilines is 1. The lowest BCUT2D eigenvalue weighted by Gasteiger charge is -2.35. The molecule has 0 N–H and O–H groups in total. The van der Waals surface area contributed by atoms with Gasteiger partial charge >= 0.3 is 0 Å². The summed E-state index contributed by atoms with van der Waals surface area (Å²) in [6.45, 7) is 6.64. The number of pyridine rings is 1. The first kappa shape index (κ1) is 14.9. The highest BCUT2D eigenvalue weighted by Crippen LogP contribution is 2.17. The van der Waals surface area contributed by atoms with Crippen LogP contribution in [0.2, 0.25) is 0 Å². The predicted octanol–water partition coefficient (Wildman–Crippen LogP) is 1.89. The van der Waals surface area contributed by atoms with E-state index in [0.29, 0.717) is 0 Å². The summed E-state index contributed by atoms with van der Waals surface area (Å²) < 4.78 is 6.92. The average molecular weight is 324 g/mol. The van der Waals surface area contributed by atoms with Gasteiger partial charge in [-0.25, -0.2) is 9.67 Å². The van der Waals surface area contributed by atoms with E-state index in [1.54, 1.807) is 10.9 Å². The van der Waals surface area contributed by atoms with Crippen molar-refractivity contribution >= 4 is 5.82 Å². The number of aryl methyl sites for hydroxylation is 1. The lowest BCUT2D eigenvalue weighted by Crippen LogP contribution is -2.46. The number of hydrogen-bond donors (Lipinski definition) is 0. The minimum Gasteiger partial charge on any atom is -0.361 e. The zero-order chi connectivity index (χ0) is 16.4.